The SMILES string of the molecule is CN(c1ccc(F)cc1)c1c(Cl)cccc1C=O. The second-order valence-electron chi connectivity index (χ2n) is 3.83. The molecule has 18 heavy (non-hydrogen) atoms. The van der Waals surface area contributed by atoms with Crippen LogP contribution in [0.4, 0.5) is 15.8 Å². The van der Waals surface area contributed by atoms with Gasteiger partial charge in [0, 0.05) is 18.3 Å². The van der Waals surface area contributed by atoms with Gasteiger partial charge in [0.1, 0.15) is 5.82 Å². The highest BCUT2D eigenvalue weighted by Crippen LogP contribution is 2.33. The number of hydrogen-bond acceptors (Lipinski definition) is 2. The minimum absolute atomic E-state index is 0.304. The summed E-state index contributed by atoms with van der Waals surface area (Å²) in [7, 11) is 1.78. The van der Waals surface area contributed by atoms with E-state index < -0.39 is 0 Å². The van der Waals surface area contributed by atoms with Crippen LogP contribution in [0, 0.1) is 5.82 Å². The molecule has 0 fully saturated rings. The molecular weight excluding hydrogens is 253 g/mol. The van der Waals surface area contributed by atoms with Gasteiger partial charge in [-0.15, -0.1) is 0 Å². The van der Waals surface area contributed by atoms with E-state index in [1.54, 1.807) is 42.3 Å². The molecule has 0 amide bonds. The Balaban J connectivity index is 2.48. The standard InChI is InChI=1S/C14H11ClFNO/c1-17(12-7-5-11(16)6-8-12)14-10(9-18)3-2-4-13(14)15/h2-9H,1H3. The molecule has 0 unspecified atom stereocenters. The molecule has 0 saturated heterocycles. The minimum Gasteiger partial charge on any atom is -0.343 e. The van der Waals surface area contributed by atoms with Gasteiger partial charge in [-0.25, -0.2) is 4.39 Å². The third-order valence-electron chi connectivity index (χ3n) is 2.69. The van der Waals surface area contributed by atoms with Crippen LogP contribution in [-0.2, 0) is 0 Å². The number of nitrogens with zero attached hydrogens (tertiary/aromatic N) is 1. The van der Waals surface area contributed by atoms with Gasteiger partial charge in [-0.1, -0.05) is 17.7 Å². The van der Waals surface area contributed by atoms with Crippen molar-refractivity contribution in [2.75, 3.05) is 11.9 Å². The lowest BCUT2D eigenvalue weighted by atomic mass is 10.1. The molecule has 0 aromatic heterocycles. The van der Waals surface area contributed by atoms with Crippen LogP contribution in [-0.4, -0.2) is 13.3 Å². The van der Waals surface area contributed by atoms with Crippen LogP contribution in [0.15, 0.2) is 42.5 Å². The Morgan fingerprint density at radius 2 is 1.83 bits per heavy atom. The number of rotatable bonds is 3. The maximum absolute atomic E-state index is 12.9. The summed E-state index contributed by atoms with van der Waals surface area (Å²) in [6.07, 6.45) is 0.751. The van der Waals surface area contributed by atoms with Gasteiger partial charge in [-0.05, 0) is 36.4 Å². The van der Waals surface area contributed by atoms with Crippen molar-refractivity contribution < 1.29 is 9.18 Å². The Hall–Kier alpha value is -1.87. The van der Waals surface area contributed by atoms with Gasteiger partial charge in [0.25, 0.3) is 0 Å². The number of halogens is 2. The highest BCUT2D eigenvalue weighted by atomic mass is 35.5. The summed E-state index contributed by atoms with van der Waals surface area (Å²) < 4.78 is 12.9. The number of anilines is 2. The molecule has 0 atom stereocenters. The zero-order chi connectivity index (χ0) is 13.1. The molecule has 2 rings (SSSR count). The summed E-state index contributed by atoms with van der Waals surface area (Å²) in [4.78, 5) is 12.8. The van der Waals surface area contributed by atoms with E-state index in [0.717, 1.165) is 12.0 Å². The Bertz CT molecular complexity index is 569. The predicted molar refractivity (Wildman–Crippen MR) is 71.3 cm³/mol. The van der Waals surface area contributed by atoms with E-state index >= 15 is 0 Å². The molecule has 2 aromatic carbocycles. The van der Waals surface area contributed by atoms with Gasteiger partial charge in [-0.3, -0.25) is 4.79 Å². The average molecular weight is 264 g/mol. The molecule has 0 N–H and O–H groups in total. The number of aldehydes is 1. The fourth-order valence-electron chi connectivity index (χ4n) is 1.77. The van der Waals surface area contributed by atoms with Gasteiger partial charge in [-0.2, -0.15) is 0 Å². The predicted octanol–water partition coefficient (Wildman–Crippen LogP) is 4.06. The smallest absolute Gasteiger partial charge is 0.152 e. The number of hydrogen-bond donors (Lipinski definition) is 0. The van der Waals surface area contributed by atoms with Crippen LogP contribution in [0.2, 0.25) is 5.02 Å². The molecule has 0 aliphatic heterocycles. The van der Waals surface area contributed by atoms with Gasteiger partial charge in [0.2, 0.25) is 0 Å². The van der Waals surface area contributed by atoms with Crippen molar-refractivity contribution in [1.29, 1.82) is 0 Å². The summed E-state index contributed by atoms with van der Waals surface area (Å²) in [6, 6.07) is 11.1. The first-order valence-corrected chi connectivity index (χ1v) is 5.74. The molecular formula is C14H11ClFNO. The molecule has 0 heterocycles. The van der Waals surface area contributed by atoms with Crippen molar-refractivity contribution in [3.8, 4) is 0 Å². The first-order chi connectivity index (χ1) is 8.63. The van der Waals surface area contributed by atoms with Crippen molar-refractivity contribution in [3.05, 3.63) is 58.9 Å². The molecule has 2 aromatic rings. The summed E-state index contributed by atoms with van der Waals surface area (Å²) in [5.74, 6) is -0.304. The number of para-hydroxylation sites is 1. The second kappa shape index (κ2) is 5.19. The molecule has 0 aliphatic rings. The average Bonchev–Trinajstić information content (AvgIpc) is 2.38. The summed E-state index contributed by atoms with van der Waals surface area (Å²) >= 11 is 6.11. The first kappa shape index (κ1) is 12.6. The lowest BCUT2D eigenvalue weighted by Crippen LogP contribution is -2.12. The van der Waals surface area contributed by atoms with Gasteiger partial charge in [0.05, 0.1) is 10.7 Å². The Labute approximate surface area is 110 Å². The zero-order valence-corrected chi connectivity index (χ0v) is 10.5. The lowest BCUT2D eigenvalue weighted by molar-refractivity contribution is 0.112. The summed E-state index contributed by atoms with van der Waals surface area (Å²) in [6.45, 7) is 0. The van der Waals surface area contributed by atoms with E-state index in [2.05, 4.69) is 0 Å². The number of benzene rings is 2. The maximum Gasteiger partial charge on any atom is 0.152 e. The molecule has 2 nitrogen and oxygen atoms in total. The highest BCUT2D eigenvalue weighted by Gasteiger charge is 2.12. The molecule has 4 heteroatoms. The largest absolute Gasteiger partial charge is 0.343 e. The quantitative estimate of drug-likeness (QED) is 0.779. The monoisotopic (exact) mass is 263 g/mol. The van der Waals surface area contributed by atoms with Crippen LogP contribution < -0.4 is 4.90 Å². The van der Waals surface area contributed by atoms with Crippen molar-refractivity contribution in [1.82, 2.24) is 0 Å². The van der Waals surface area contributed by atoms with E-state index in [9.17, 15) is 9.18 Å². The Kier molecular flexibility index (Phi) is 3.63. The Morgan fingerprint density at radius 1 is 1.17 bits per heavy atom. The van der Waals surface area contributed by atoms with Crippen LogP contribution in [0.1, 0.15) is 10.4 Å². The normalized spacial score (nSPS) is 10.2. The maximum atomic E-state index is 12.9. The lowest BCUT2D eigenvalue weighted by Gasteiger charge is -2.22. The van der Waals surface area contributed by atoms with Crippen molar-refractivity contribution in [3.63, 3.8) is 0 Å². The zero-order valence-electron chi connectivity index (χ0n) is 9.73. The van der Waals surface area contributed by atoms with Crippen molar-refractivity contribution in [2.24, 2.45) is 0 Å². The van der Waals surface area contributed by atoms with Crippen LogP contribution in [0.5, 0.6) is 0 Å². The molecule has 0 bridgehead atoms. The van der Waals surface area contributed by atoms with E-state index in [4.69, 9.17) is 11.6 Å². The van der Waals surface area contributed by atoms with Gasteiger partial charge in [0.15, 0.2) is 6.29 Å². The van der Waals surface area contributed by atoms with E-state index in [1.165, 1.54) is 12.1 Å². The van der Waals surface area contributed by atoms with Crippen molar-refractivity contribution >= 4 is 29.3 Å². The van der Waals surface area contributed by atoms with Gasteiger partial charge >= 0.3 is 0 Å². The number of carbonyl (C=O) groups excluding carboxylic acids is 1. The topological polar surface area (TPSA) is 20.3 Å². The minimum atomic E-state index is -0.304. The molecule has 0 spiro atoms. The summed E-state index contributed by atoms with van der Waals surface area (Å²) in [5.41, 5.74) is 1.86. The number of carbonyl (C=O) groups is 1. The second-order valence-corrected chi connectivity index (χ2v) is 4.24. The molecule has 92 valence electrons. The van der Waals surface area contributed by atoms with E-state index in [0.29, 0.717) is 16.3 Å². The fourth-order valence-corrected chi connectivity index (χ4v) is 2.08. The van der Waals surface area contributed by atoms with E-state index in [1.807, 2.05) is 0 Å². The fraction of sp³-hybridized carbons (Fsp3) is 0.0714. The van der Waals surface area contributed by atoms with E-state index in [-0.39, 0.29) is 5.82 Å². The molecule has 0 saturated carbocycles. The van der Waals surface area contributed by atoms with Crippen molar-refractivity contribution in [2.45, 2.75) is 0 Å². The highest BCUT2D eigenvalue weighted by molar-refractivity contribution is 6.34. The Morgan fingerprint density at radius 3 is 2.44 bits per heavy atom. The third kappa shape index (κ3) is 2.36. The first-order valence-electron chi connectivity index (χ1n) is 5.36. The van der Waals surface area contributed by atoms with Crippen LogP contribution >= 0.6 is 11.6 Å². The molecule has 0 radical (unpaired) electrons. The van der Waals surface area contributed by atoms with Crippen LogP contribution in [0.25, 0.3) is 0 Å². The van der Waals surface area contributed by atoms with Gasteiger partial charge < -0.3 is 4.90 Å². The van der Waals surface area contributed by atoms with Crippen LogP contribution in [0.3, 0.4) is 0 Å². The molecule has 0 aliphatic carbocycles. The third-order valence-corrected chi connectivity index (χ3v) is 3.00. The summed E-state index contributed by atoms with van der Waals surface area (Å²) in [5, 5.41) is 0.478.